The van der Waals surface area contributed by atoms with Crippen molar-refractivity contribution in [1.82, 2.24) is 4.90 Å². The minimum Gasteiger partial charge on any atom is -0.385 e. The van der Waals surface area contributed by atoms with Crippen molar-refractivity contribution >= 4 is 17.0 Å². The average molecular weight is 298 g/mol. The summed E-state index contributed by atoms with van der Waals surface area (Å²) in [6, 6.07) is 9.84. The van der Waals surface area contributed by atoms with Crippen LogP contribution < -0.4 is 5.32 Å². The molecule has 2 nitrogen and oxygen atoms in total. The molecule has 1 aliphatic carbocycles. The second-order valence-electron chi connectivity index (χ2n) is 6.24. The highest BCUT2D eigenvalue weighted by Crippen LogP contribution is 2.32. The Morgan fingerprint density at radius 1 is 1.19 bits per heavy atom. The van der Waals surface area contributed by atoms with Gasteiger partial charge in [0, 0.05) is 31.4 Å². The van der Waals surface area contributed by atoms with E-state index < -0.39 is 0 Å². The lowest BCUT2D eigenvalue weighted by atomic mass is 9.97. The van der Waals surface area contributed by atoms with Crippen LogP contribution in [0.25, 0.3) is 0 Å². The zero-order chi connectivity index (χ0) is 14.1. The van der Waals surface area contributed by atoms with Crippen LogP contribution in [0.5, 0.6) is 0 Å². The van der Waals surface area contributed by atoms with E-state index in [4.69, 9.17) is 0 Å². The van der Waals surface area contributed by atoms with Crippen molar-refractivity contribution in [1.29, 1.82) is 0 Å². The molecule has 1 aromatic carbocycles. The summed E-state index contributed by atoms with van der Waals surface area (Å²) in [6.07, 6.45) is 5.24. The van der Waals surface area contributed by atoms with Gasteiger partial charge in [-0.3, -0.25) is 4.90 Å². The zero-order valence-corrected chi connectivity index (χ0v) is 13.2. The van der Waals surface area contributed by atoms with E-state index in [0.29, 0.717) is 0 Å². The number of fused-ring (bicyclic) bond motifs is 1. The third-order valence-electron chi connectivity index (χ3n) is 4.59. The Kier molecular flexibility index (Phi) is 3.70. The fourth-order valence-electron chi connectivity index (χ4n) is 3.32. The summed E-state index contributed by atoms with van der Waals surface area (Å²) < 4.78 is 0. The Hall–Kier alpha value is -1.32. The summed E-state index contributed by atoms with van der Waals surface area (Å²) in [4.78, 5) is 2.67. The Labute approximate surface area is 130 Å². The summed E-state index contributed by atoms with van der Waals surface area (Å²) >= 11 is 1.81. The summed E-state index contributed by atoms with van der Waals surface area (Å²) in [5.41, 5.74) is 5.92. The zero-order valence-electron chi connectivity index (χ0n) is 12.3. The molecule has 1 aromatic heterocycles. The fourth-order valence-corrected chi connectivity index (χ4v) is 3.98. The second kappa shape index (κ2) is 5.82. The number of nitrogens with one attached hydrogen (secondary N) is 1. The van der Waals surface area contributed by atoms with Gasteiger partial charge in [-0.05, 0) is 65.3 Å². The lowest BCUT2D eigenvalue weighted by Gasteiger charge is -2.26. The first-order valence-corrected chi connectivity index (χ1v) is 8.94. The van der Waals surface area contributed by atoms with E-state index in [-0.39, 0.29) is 0 Å². The first-order chi connectivity index (χ1) is 10.4. The largest absolute Gasteiger partial charge is 0.385 e. The van der Waals surface area contributed by atoms with E-state index >= 15 is 0 Å². The van der Waals surface area contributed by atoms with Gasteiger partial charge >= 0.3 is 0 Å². The molecule has 2 heterocycles. The highest BCUT2D eigenvalue weighted by Gasteiger charge is 2.29. The van der Waals surface area contributed by atoms with Crippen LogP contribution in [0.1, 0.15) is 36.0 Å². The van der Waals surface area contributed by atoms with E-state index in [1.165, 1.54) is 42.5 Å². The van der Waals surface area contributed by atoms with Crippen LogP contribution in [-0.2, 0) is 19.5 Å². The van der Waals surface area contributed by atoms with Crippen LogP contribution in [0, 0.1) is 0 Å². The van der Waals surface area contributed by atoms with Crippen LogP contribution in [0.2, 0.25) is 0 Å². The van der Waals surface area contributed by atoms with Gasteiger partial charge in [0.1, 0.15) is 0 Å². The molecular weight excluding hydrogens is 276 g/mol. The average Bonchev–Trinajstić information content (AvgIpc) is 3.25. The molecule has 0 bridgehead atoms. The minimum atomic E-state index is 0.803. The molecule has 0 unspecified atom stereocenters. The van der Waals surface area contributed by atoms with Crippen molar-refractivity contribution in [2.75, 3.05) is 11.9 Å². The molecular formula is C18H22N2S. The van der Waals surface area contributed by atoms with E-state index in [2.05, 4.69) is 45.2 Å². The monoisotopic (exact) mass is 298 g/mol. The van der Waals surface area contributed by atoms with Gasteiger partial charge in [-0.1, -0.05) is 12.1 Å². The summed E-state index contributed by atoms with van der Waals surface area (Å²) in [6.45, 7) is 3.33. The van der Waals surface area contributed by atoms with E-state index in [9.17, 15) is 0 Å². The summed E-state index contributed by atoms with van der Waals surface area (Å²) in [5, 5.41) is 8.03. The molecule has 0 atom stereocenters. The van der Waals surface area contributed by atoms with Crippen molar-refractivity contribution in [2.45, 2.75) is 44.8 Å². The Morgan fingerprint density at radius 3 is 2.95 bits per heavy atom. The van der Waals surface area contributed by atoms with Crippen LogP contribution in [0.3, 0.4) is 0 Å². The summed E-state index contributed by atoms with van der Waals surface area (Å²) in [7, 11) is 0. The van der Waals surface area contributed by atoms with Gasteiger partial charge in [0.05, 0.1) is 0 Å². The van der Waals surface area contributed by atoms with Gasteiger partial charge < -0.3 is 5.32 Å². The molecule has 1 fully saturated rings. The van der Waals surface area contributed by atoms with Crippen molar-refractivity contribution < 1.29 is 0 Å². The maximum absolute atomic E-state index is 3.55. The maximum Gasteiger partial charge on any atom is 0.0375 e. The van der Waals surface area contributed by atoms with Crippen molar-refractivity contribution in [3.05, 3.63) is 51.7 Å². The molecule has 0 saturated heterocycles. The normalized spacial score (nSPS) is 17.6. The number of hydrogen-bond donors (Lipinski definition) is 1. The van der Waals surface area contributed by atoms with Crippen molar-refractivity contribution in [3.8, 4) is 0 Å². The number of anilines is 1. The molecule has 2 aromatic rings. The SMILES string of the molecule is c1cc(CN(Cc2ccsc2)C2CC2)c2c(c1)NCCC2. The molecule has 3 heteroatoms. The predicted octanol–water partition coefficient (Wildman–Crippen LogP) is 4.27. The second-order valence-corrected chi connectivity index (χ2v) is 7.02. The maximum atomic E-state index is 3.55. The van der Waals surface area contributed by atoms with Crippen LogP contribution in [0.15, 0.2) is 35.0 Å². The van der Waals surface area contributed by atoms with Crippen LogP contribution >= 0.6 is 11.3 Å². The van der Waals surface area contributed by atoms with Gasteiger partial charge in [-0.25, -0.2) is 0 Å². The van der Waals surface area contributed by atoms with Gasteiger partial charge in [0.25, 0.3) is 0 Å². The van der Waals surface area contributed by atoms with Crippen molar-refractivity contribution in [3.63, 3.8) is 0 Å². The molecule has 21 heavy (non-hydrogen) atoms. The van der Waals surface area contributed by atoms with Crippen molar-refractivity contribution in [2.24, 2.45) is 0 Å². The number of benzene rings is 1. The van der Waals surface area contributed by atoms with E-state index in [0.717, 1.165) is 25.7 Å². The number of thiophene rings is 1. The molecule has 1 N–H and O–H groups in total. The fraction of sp³-hybridized carbons (Fsp3) is 0.444. The van der Waals surface area contributed by atoms with E-state index in [1.54, 1.807) is 16.9 Å². The van der Waals surface area contributed by atoms with Crippen LogP contribution in [0.4, 0.5) is 5.69 Å². The Morgan fingerprint density at radius 2 is 2.14 bits per heavy atom. The number of hydrogen-bond acceptors (Lipinski definition) is 3. The smallest absolute Gasteiger partial charge is 0.0375 e. The third kappa shape index (κ3) is 2.99. The lowest BCUT2D eigenvalue weighted by molar-refractivity contribution is 0.245. The van der Waals surface area contributed by atoms with E-state index in [1.807, 2.05) is 0 Å². The van der Waals surface area contributed by atoms with Gasteiger partial charge in [-0.2, -0.15) is 11.3 Å². The Balaban J connectivity index is 1.55. The molecule has 0 spiro atoms. The standard InChI is InChI=1S/C18H22N2S/c1-3-15(17-4-2-9-19-18(17)5-1)12-20(16-6-7-16)11-14-8-10-21-13-14/h1,3,5,8,10,13,16,19H,2,4,6-7,9,11-12H2. The Bertz CT molecular complexity index is 602. The molecule has 110 valence electrons. The number of rotatable bonds is 5. The quantitative estimate of drug-likeness (QED) is 0.886. The van der Waals surface area contributed by atoms with Crippen LogP contribution in [-0.4, -0.2) is 17.5 Å². The molecule has 2 aliphatic rings. The van der Waals surface area contributed by atoms with Gasteiger partial charge in [-0.15, -0.1) is 0 Å². The lowest BCUT2D eigenvalue weighted by Crippen LogP contribution is -2.26. The van der Waals surface area contributed by atoms with Gasteiger partial charge in [0.15, 0.2) is 0 Å². The minimum absolute atomic E-state index is 0.803. The first kappa shape index (κ1) is 13.4. The topological polar surface area (TPSA) is 15.3 Å². The summed E-state index contributed by atoms with van der Waals surface area (Å²) in [5.74, 6) is 0. The highest BCUT2D eigenvalue weighted by atomic mass is 32.1. The predicted molar refractivity (Wildman–Crippen MR) is 89.8 cm³/mol. The number of nitrogens with zero attached hydrogens (tertiary/aromatic N) is 1. The molecule has 1 saturated carbocycles. The highest BCUT2D eigenvalue weighted by molar-refractivity contribution is 7.07. The third-order valence-corrected chi connectivity index (χ3v) is 5.33. The molecule has 0 radical (unpaired) electrons. The van der Waals surface area contributed by atoms with Gasteiger partial charge in [0.2, 0.25) is 0 Å². The molecule has 4 rings (SSSR count). The molecule has 0 amide bonds. The molecule has 1 aliphatic heterocycles. The first-order valence-electron chi connectivity index (χ1n) is 8.00.